The number of hydrogen-bond donors (Lipinski definition) is 1. The molecular weight excluding hydrogens is 232 g/mol. The van der Waals surface area contributed by atoms with Crippen molar-refractivity contribution in [2.45, 2.75) is 33.1 Å². The van der Waals surface area contributed by atoms with E-state index in [1.807, 2.05) is 0 Å². The molecule has 0 bridgehead atoms. The van der Waals surface area contributed by atoms with Crippen molar-refractivity contribution < 1.29 is 0 Å². The lowest BCUT2D eigenvalue weighted by atomic mass is 9.84. The summed E-state index contributed by atoms with van der Waals surface area (Å²) in [6, 6.07) is 6.72. The molecule has 2 saturated heterocycles. The minimum atomic E-state index is 0.919. The molecule has 0 amide bonds. The molecule has 0 aliphatic carbocycles. The molecule has 0 saturated carbocycles. The van der Waals surface area contributed by atoms with Crippen molar-refractivity contribution in [3.63, 3.8) is 0 Å². The van der Waals surface area contributed by atoms with Crippen LogP contribution >= 0.6 is 0 Å². The summed E-state index contributed by atoms with van der Waals surface area (Å²) in [5.74, 6) is 1.87. The van der Waals surface area contributed by atoms with Crippen molar-refractivity contribution in [2.75, 3.05) is 31.1 Å². The fourth-order valence-electron chi connectivity index (χ4n) is 3.78. The van der Waals surface area contributed by atoms with E-state index in [2.05, 4.69) is 42.3 Å². The lowest BCUT2D eigenvalue weighted by Gasteiger charge is -2.29. The Morgan fingerprint density at radius 3 is 2.63 bits per heavy atom. The Balaban J connectivity index is 1.69. The lowest BCUT2D eigenvalue weighted by Crippen LogP contribution is -2.33. The summed E-state index contributed by atoms with van der Waals surface area (Å²) in [4.78, 5) is 2.62. The number of nitrogens with zero attached hydrogens (tertiary/aromatic N) is 1. The lowest BCUT2D eigenvalue weighted by molar-refractivity contribution is 0.276. The number of anilines is 1. The highest BCUT2D eigenvalue weighted by Crippen LogP contribution is 2.34. The molecule has 0 spiro atoms. The van der Waals surface area contributed by atoms with Crippen LogP contribution in [0, 0.1) is 25.7 Å². The molecule has 2 aliphatic rings. The summed E-state index contributed by atoms with van der Waals surface area (Å²) in [5, 5.41) is 3.48. The zero-order valence-corrected chi connectivity index (χ0v) is 12.3. The predicted octanol–water partition coefficient (Wildman–Crippen LogP) is 3.13. The normalized spacial score (nSPS) is 24.9. The van der Waals surface area contributed by atoms with E-state index in [0.717, 1.165) is 11.8 Å². The Kier molecular flexibility index (Phi) is 3.79. The molecule has 3 rings (SSSR count). The Bertz CT molecular complexity index is 435. The molecule has 1 aromatic rings. The minimum absolute atomic E-state index is 0.919. The second-order valence-corrected chi connectivity index (χ2v) is 6.30. The van der Waals surface area contributed by atoms with E-state index in [4.69, 9.17) is 0 Å². The molecular formula is C17H26N2. The van der Waals surface area contributed by atoms with Gasteiger partial charge in [0, 0.05) is 18.8 Å². The van der Waals surface area contributed by atoms with Gasteiger partial charge in [-0.25, -0.2) is 0 Å². The Labute approximate surface area is 117 Å². The summed E-state index contributed by atoms with van der Waals surface area (Å²) in [6.45, 7) is 9.46. The Morgan fingerprint density at radius 2 is 1.84 bits per heavy atom. The first-order chi connectivity index (χ1) is 9.25. The highest BCUT2D eigenvalue weighted by molar-refractivity contribution is 5.56. The average Bonchev–Trinajstić information content (AvgIpc) is 2.92. The highest BCUT2D eigenvalue weighted by Gasteiger charge is 2.30. The summed E-state index contributed by atoms with van der Waals surface area (Å²) in [7, 11) is 0. The van der Waals surface area contributed by atoms with Gasteiger partial charge in [-0.1, -0.05) is 12.1 Å². The average molecular weight is 258 g/mol. The molecule has 2 fully saturated rings. The fourth-order valence-corrected chi connectivity index (χ4v) is 3.78. The molecule has 0 radical (unpaired) electrons. The maximum atomic E-state index is 3.48. The zero-order chi connectivity index (χ0) is 13.2. The maximum absolute atomic E-state index is 3.48. The van der Waals surface area contributed by atoms with Crippen LogP contribution in [0.4, 0.5) is 5.69 Å². The van der Waals surface area contributed by atoms with Crippen molar-refractivity contribution in [1.82, 2.24) is 5.32 Å². The van der Waals surface area contributed by atoms with Crippen LogP contribution in [0.25, 0.3) is 0 Å². The highest BCUT2D eigenvalue weighted by atomic mass is 15.2. The number of hydrogen-bond acceptors (Lipinski definition) is 2. The van der Waals surface area contributed by atoms with Gasteiger partial charge in [-0.15, -0.1) is 0 Å². The van der Waals surface area contributed by atoms with E-state index in [-0.39, 0.29) is 0 Å². The minimum Gasteiger partial charge on any atom is -0.371 e. The Morgan fingerprint density at radius 1 is 1.05 bits per heavy atom. The smallest absolute Gasteiger partial charge is 0.0398 e. The van der Waals surface area contributed by atoms with Gasteiger partial charge in [0.1, 0.15) is 0 Å². The van der Waals surface area contributed by atoms with Crippen LogP contribution in [0.2, 0.25) is 0 Å². The molecule has 1 aromatic carbocycles. The van der Waals surface area contributed by atoms with Crippen molar-refractivity contribution in [3.05, 3.63) is 29.3 Å². The molecule has 1 atom stereocenters. The van der Waals surface area contributed by atoms with Crippen molar-refractivity contribution in [3.8, 4) is 0 Å². The van der Waals surface area contributed by atoms with Gasteiger partial charge in [0.25, 0.3) is 0 Å². The Hall–Kier alpha value is -1.02. The summed E-state index contributed by atoms with van der Waals surface area (Å²) < 4.78 is 0. The molecule has 2 aliphatic heterocycles. The first kappa shape index (κ1) is 13.0. The summed E-state index contributed by atoms with van der Waals surface area (Å²) in [5.41, 5.74) is 4.35. The molecule has 2 nitrogen and oxygen atoms in total. The third-order valence-electron chi connectivity index (χ3n) is 5.19. The molecule has 1 N–H and O–H groups in total. The van der Waals surface area contributed by atoms with Gasteiger partial charge in [-0.05, 0) is 75.2 Å². The van der Waals surface area contributed by atoms with Gasteiger partial charge in [-0.2, -0.15) is 0 Å². The van der Waals surface area contributed by atoms with Crippen LogP contribution in [0.5, 0.6) is 0 Å². The first-order valence-electron chi connectivity index (χ1n) is 7.77. The third kappa shape index (κ3) is 2.64. The molecule has 2 heteroatoms. The number of rotatable bonds is 2. The molecule has 1 unspecified atom stereocenters. The van der Waals surface area contributed by atoms with Crippen molar-refractivity contribution in [1.29, 1.82) is 0 Å². The monoisotopic (exact) mass is 258 g/mol. The number of aryl methyl sites for hydroxylation is 1. The van der Waals surface area contributed by atoms with E-state index in [1.165, 1.54) is 62.3 Å². The van der Waals surface area contributed by atoms with Crippen LogP contribution in [0.1, 0.15) is 30.4 Å². The maximum Gasteiger partial charge on any atom is 0.0398 e. The van der Waals surface area contributed by atoms with Crippen LogP contribution < -0.4 is 10.2 Å². The number of nitrogens with one attached hydrogen (secondary N) is 1. The van der Waals surface area contributed by atoms with E-state index >= 15 is 0 Å². The van der Waals surface area contributed by atoms with Crippen LogP contribution in [-0.2, 0) is 0 Å². The van der Waals surface area contributed by atoms with Gasteiger partial charge in [-0.3, -0.25) is 0 Å². The van der Waals surface area contributed by atoms with E-state index in [1.54, 1.807) is 0 Å². The molecule has 0 aromatic heterocycles. The topological polar surface area (TPSA) is 15.3 Å². The van der Waals surface area contributed by atoms with Gasteiger partial charge >= 0.3 is 0 Å². The number of piperidine rings is 1. The number of benzene rings is 1. The largest absolute Gasteiger partial charge is 0.371 e. The van der Waals surface area contributed by atoms with Crippen molar-refractivity contribution in [2.24, 2.45) is 11.8 Å². The van der Waals surface area contributed by atoms with E-state index in [9.17, 15) is 0 Å². The predicted molar refractivity (Wildman–Crippen MR) is 81.8 cm³/mol. The SMILES string of the molecule is Cc1cccc(N2CCC(C3CCNCC3)C2)c1C. The van der Waals surface area contributed by atoms with Gasteiger partial charge < -0.3 is 10.2 Å². The molecule has 19 heavy (non-hydrogen) atoms. The van der Waals surface area contributed by atoms with Crippen LogP contribution in [-0.4, -0.2) is 26.2 Å². The standard InChI is InChI=1S/C17H26N2/c1-13-4-3-5-17(14(13)2)19-11-8-16(12-19)15-6-9-18-10-7-15/h3-5,15-16,18H,6-12H2,1-2H3. The van der Waals surface area contributed by atoms with Crippen LogP contribution in [0.3, 0.4) is 0 Å². The van der Waals surface area contributed by atoms with E-state index in [0.29, 0.717) is 0 Å². The second kappa shape index (κ2) is 5.54. The zero-order valence-electron chi connectivity index (χ0n) is 12.3. The van der Waals surface area contributed by atoms with Crippen molar-refractivity contribution >= 4 is 5.69 Å². The van der Waals surface area contributed by atoms with Gasteiger partial charge in [0.15, 0.2) is 0 Å². The third-order valence-corrected chi connectivity index (χ3v) is 5.19. The quantitative estimate of drug-likeness (QED) is 0.877. The van der Waals surface area contributed by atoms with Crippen LogP contribution in [0.15, 0.2) is 18.2 Å². The summed E-state index contributed by atoms with van der Waals surface area (Å²) in [6.07, 6.45) is 4.15. The summed E-state index contributed by atoms with van der Waals surface area (Å²) >= 11 is 0. The molecule has 104 valence electrons. The van der Waals surface area contributed by atoms with Gasteiger partial charge in [0.2, 0.25) is 0 Å². The fraction of sp³-hybridized carbons (Fsp3) is 0.647. The van der Waals surface area contributed by atoms with E-state index < -0.39 is 0 Å². The van der Waals surface area contributed by atoms with Gasteiger partial charge in [0.05, 0.1) is 0 Å². The second-order valence-electron chi connectivity index (χ2n) is 6.30. The first-order valence-corrected chi connectivity index (χ1v) is 7.77. The molecule has 2 heterocycles.